The van der Waals surface area contributed by atoms with Crippen LogP contribution in [0.4, 0.5) is 0 Å². The third kappa shape index (κ3) is 5.13. The lowest BCUT2D eigenvalue weighted by atomic mass is 10.1. The molecule has 0 aliphatic heterocycles. The second-order valence-electron chi connectivity index (χ2n) is 4.18. The van der Waals surface area contributed by atoms with Gasteiger partial charge in [-0.05, 0) is 12.0 Å². The number of carboxylic acid groups (broad SMARTS) is 2. The Morgan fingerprint density at radius 3 is 2.25 bits per heavy atom. The van der Waals surface area contributed by atoms with Gasteiger partial charge in [0.25, 0.3) is 8.18 Å². The van der Waals surface area contributed by atoms with Crippen molar-refractivity contribution < 1.29 is 29.3 Å². The fourth-order valence-electron chi connectivity index (χ4n) is 1.76. The standard InChI is InChI=1S/C12H16NO6P/c14-11(15)7-6-10(12(16)17)13(20(18)19)8-9-4-2-1-3-5-9/h1-5,10,20H,6-8H2,(H,14,15)(H,16,17)(H,18,19)/t10-/m0/s1. The van der Waals surface area contributed by atoms with Crippen LogP contribution >= 0.6 is 8.18 Å². The SMILES string of the molecule is O=C(O)CC[C@@H](C(=O)O)N(Cc1ccccc1)[PH](=O)O. The Labute approximate surface area is 116 Å². The van der Waals surface area contributed by atoms with E-state index in [-0.39, 0.29) is 19.4 Å². The summed E-state index contributed by atoms with van der Waals surface area (Å²) in [5, 5.41) is 17.7. The van der Waals surface area contributed by atoms with Crippen LogP contribution in [0.25, 0.3) is 0 Å². The zero-order valence-corrected chi connectivity index (χ0v) is 11.6. The lowest BCUT2D eigenvalue weighted by Crippen LogP contribution is -2.36. The number of rotatable bonds is 8. The Hall–Kier alpha value is -1.69. The van der Waals surface area contributed by atoms with Crippen LogP contribution in [-0.4, -0.2) is 37.8 Å². The lowest BCUT2D eigenvalue weighted by Gasteiger charge is -2.25. The summed E-state index contributed by atoms with van der Waals surface area (Å²) in [6.45, 7) is -0.0221. The van der Waals surface area contributed by atoms with Crippen molar-refractivity contribution in [3.05, 3.63) is 35.9 Å². The molecular weight excluding hydrogens is 285 g/mol. The minimum Gasteiger partial charge on any atom is -0.481 e. The second kappa shape index (κ2) is 7.79. The molecule has 2 atom stereocenters. The fraction of sp³-hybridized carbons (Fsp3) is 0.333. The van der Waals surface area contributed by atoms with Gasteiger partial charge in [-0.15, -0.1) is 0 Å². The van der Waals surface area contributed by atoms with Gasteiger partial charge in [0.1, 0.15) is 6.04 Å². The van der Waals surface area contributed by atoms with E-state index in [2.05, 4.69) is 0 Å². The Bertz CT molecular complexity index is 492. The normalized spacial score (nSPS) is 13.9. The number of nitrogens with zero attached hydrogens (tertiary/aromatic N) is 1. The van der Waals surface area contributed by atoms with Crippen LogP contribution in [0.5, 0.6) is 0 Å². The summed E-state index contributed by atoms with van der Waals surface area (Å²) in [7, 11) is -3.25. The second-order valence-corrected chi connectivity index (χ2v) is 5.32. The van der Waals surface area contributed by atoms with Gasteiger partial charge in [0, 0.05) is 13.0 Å². The quantitative estimate of drug-likeness (QED) is 0.618. The number of hydrogen-bond acceptors (Lipinski definition) is 3. The average Bonchev–Trinajstić information content (AvgIpc) is 2.38. The van der Waals surface area contributed by atoms with Crippen molar-refractivity contribution in [2.24, 2.45) is 0 Å². The van der Waals surface area contributed by atoms with E-state index in [4.69, 9.17) is 10.2 Å². The highest BCUT2D eigenvalue weighted by atomic mass is 31.1. The number of hydrogen-bond donors (Lipinski definition) is 3. The van der Waals surface area contributed by atoms with Crippen molar-refractivity contribution in [2.45, 2.75) is 25.4 Å². The van der Waals surface area contributed by atoms with Crippen LogP contribution < -0.4 is 0 Å². The molecule has 1 aromatic rings. The van der Waals surface area contributed by atoms with E-state index in [1.165, 1.54) is 0 Å². The van der Waals surface area contributed by atoms with Gasteiger partial charge < -0.3 is 15.1 Å². The van der Waals surface area contributed by atoms with E-state index in [1.54, 1.807) is 30.3 Å². The summed E-state index contributed by atoms with van der Waals surface area (Å²) in [6.07, 6.45) is -0.605. The van der Waals surface area contributed by atoms with Crippen molar-refractivity contribution in [1.29, 1.82) is 0 Å². The summed E-state index contributed by atoms with van der Waals surface area (Å²) in [6, 6.07) is 7.34. The molecule has 1 aromatic carbocycles. The molecule has 0 bridgehead atoms. The Balaban J connectivity index is 2.88. The first-order chi connectivity index (χ1) is 9.41. The molecule has 3 N–H and O–H groups in total. The van der Waals surface area contributed by atoms with Gasteiger partial charge in [0.05, 0.1) is 0 Å². The smallest absolute Gasteiger partial charge is 0.321 e. The van der Waals surface area contributed by atoms with Crippen LogP contribution in [-0.2, 0) is 20.7 Å². The fourth-order valence-corrected chi connectivity index (χ4v) is 2.59. The van der Waals surface area contributed by atoms with Crippen molar-refractivity contribution in [1.82, 2.24) is 4.67 Å². The molecule has 20 heavy (non-hydrogen) atoms. The largest absolute Gasteiger partial charge is 0.481 e. The minimum absolute atomic E-state index is 0.0221. The monoisotopic (exact) mass is 301 g/mol. The summed E-state index contributed by atoms with van der Waals surface area (Å²) >= 11 is 0. The average molecular weight is 301 g/mol. The molecule has 0 aromatic heterocycles. The summed E-state index contributed by atoms with van der Waals surface area (Å²) < 4.78 is 12.3. The highest BCUT2D eigenvalue weighted by Gasteiger charge is 2.29. The molecule has 0 spiro atoms. The highest BCUT2D eigenvalue weighted by Crippen LogP contribution is 2.29. The molecule has 0 saturated heterocycles. The van der Waals surface area contributed by atoms with E-state index in [1.807, 2.05) is 0 Å². The molecule has 0 fully saturated rings. The number of aliphatic carboxylic acids is 2. The maximum absolute atomic E-state index is 11.4. The van der Waals surface area contributed by atoms with Crippen molar-refractivity contribution in [3.63, 3.8) is 0 Å². The summed E-state index contributed by atoms with van der Waals surface area (Å²) in [5.41, 5.74) is 0.682. The number of carbonyl (C=O) groups is 2. The summed E-state index contributed by atoms with van der Waals surface area (Å²) in [5.74, 6) is -2.46. The van der Waals surface area contributed by atoms with Crippen LogP contribution in [0.3, 0.4) is 0 Å². The molecular formula is C12H16NO6P. The van der Waals surface area contributed by atoms with Gasteiger partial charge in [0.2, 0.25) is 0 Å². The van der Waals surface area contributed by atoms with Gasteiger partial charge in [-0.2, -0.15) is 0 Å². The number of benzene rings is 1. The van der Waals surface area contributed by atoms with Gasteiger partial charge in [-0.3, -0.25) is 14.2 Å². The predicted octanol–water partition coefficient (Wildman–Crippen LogP) is 1.19. The van der Waals surface area contributed by atoms with Gasteiger partial charge in [0.15, 0.2) is 0 Å². The van der Waals surface area contributed by atoms with Crippen LogP contribution in [0.15, 0.2) is 30.3 Å². The van der Waals surface area contributed by atoms with Crippen LogP contribution in [0.1, 0.15) is 18.4 Å². The molecule has 7 nitrogen and oxygen atoms in total. The predicted molar refractivity (Wildman–Crippen MR) is 71.5 cm³/mol. The van der Waals surface area contributed by atoms with E-state index < -0.39 is 26.2 Å². The first kappa shape index (κ1) is 16.4. The molecule has 0 aliphatic carbocycles. The molecule has 0 heterocycles. The minimum atomic E-state index is -3.25. The van der Waals surface area contributed by atoms with Crippen molar-refractivity contribution in [2.75, 3.05) is 0 Å². The maximum atomic E-state index is 11.4. The van der Waals surface area contributed by atoms with Gasteiger partial charge in [-0.1, -0.05) is 30.3 Å². The zero-order valence-electron chi connectivity index (χ0n) is 10.6. The van der Waals surface area contributed by atoms with Crippen LogP contribution in [0.2, 0.25) is 0 Å². The maximum Gasteiger partial charge on any atom is 0.321 e. The molecule has 1 unspecified atom stereocenters. The first-order valence-electron chi connectivity index (χ1n) is 5.90. The zero-order chi connectivity index (χ0) is 15.1. The van der Waals surface area contributed by atoms with Gasteiger partial charge >= 0.3 is 11.9 Å². The Kier molecular flexibility index (Phi) is 6.38. The molecule has 1 rings (SSSR count). The lowest BCUT2D eigenvalue weighted by molar-refractivity contribution is -0.143. The third-order valence-corrected chi connectivity index (χ3v) is 3.70. The third-order valence-electron chi connectivity index (χ3n) is 2.73. The Morgan fingerprint density at radius 1 is 1.20 bits per heavy atom. The van der Waals surface area contributed by atoms with Gasteiger partial charge in [-0.25, -0.2) is 4.67 Å². The molecule has 8 heteroatoms. The van der Waals surface area contributed by atoms with Crippen LogP contribution in [0, 0.1) is 0 Å². The van der Waals surface area contributed by atoms with E-state index in [0.29, 0.717) is 5.56 Å². The topological polar surface area (TPSA) is 115 Å². The highest BCUT2D eigenvalue weighted by molar-refractivity contribution is 7.35. The Morgan fingerprint density at radius 2 is 1.80 bits per heavy atom. The number of carboxylic acids is 2. The summed E-state index contributed by atoms with van der Waals surface area (Å²) in [4.78, 5) is 31.0. The first-order valence-corrected chi connectivity index (χ1v) is 7.20. The molecule has 0 radical (unpaired) electrons. The molecule has 0 aliphatic rings. The molecule has 0 amide bonds. The molecule has 0 saturated carbocycles. The van der Waals surface area contributed by atoms with Crippen molar-refractivity contribution >= 4 is 20.1 Å². The van der Waals surface area contributed by atoms with Crippen molar-refractivity contribution in [3.8, 4) is 0 Å². The van der Waals surface area contributed by atoms with E-state index in [9.17, 15) is 19.0 Å². The van der Waals surface area contributed by atoms with E-state index >= 15 is 0 Å². The van der Waals surface area contributed by atoms with E-state index in [0.717, 1.165) is 4.67 Å². The molecule has 110 valence electrons.